The summed E-state index contributed by atoms with van der Waals surface area (Å²) in [6, 6.07) is 18.5. The molecule has 0 bridgehead atoms. The number of aromatic hydroxyl groups is 1. The van der Waals surface area contributed by atoms with Crippen molar-refractivity contribution < 1.29 is 14.6 Å². The van der Waals surface area contributed by atoms with Crippen molar-refractivity contribution in [1.29, 1.82) is 0 Å². The third-order valence-corrected chi connectivity index (χ3v) is 4.58. The van der Waals surface area contributed by atoms with Crippen LogP contribution >= 0.6 is 0 Å². The minimum absolute atomic E-state index is 0.0434. The molecule has 1 amide bonds. The molecular formula is C23H25NO3. The summed E-state index contributed by atoms with van der Waals surface area (Å²) < 4.78 is 5.25. The number of phenolic OH excluding ortho intramolecular Hbond substituents is 1. The Morgan fingerprint density at radius 3 is 2.41 bits per heavy atom. The standard InChI is InChI=1S/C23H25NO3/c1-15(2)14-21(26)24-23(17-8-11-18(27-3)12-9-17)22-19-7-5-4-6-16(19)10-13-20(22)25/h4-13,15,23,25H,14H2,1-3H3,(H,24,26)/t23-/m1/s1. The Kier molecular flexibility index (Phi) is 5.65. The Hall–Kier alpha value is -3.01. The van der Waals surface area contributed by atoms with Gasteiger partial charge in [-0.25, -0.2) is 0 Å². The van der Waals surface area contributed by atoms with E-state index in [2.05, 4.69) is 5.32 Å². The fourth-order valence-electron chi connectivity index (χ4n) is 3.30. The molecule has 0 fully saturated rings. The molecule has 3 rings (SSSR count). The van der Waals surface area contributed by atoms with Gasteiger partial charge in [-0.2, -0.15) is 0 Å². The highest BCUT2D eigenvalue weighted by Gasteiger charge is 2.23. The number of phenols is 1. The zero-order valence-corrected chi connectivity index (χ0v) is 15.9. The molecule has 0 aliphatic carbocycles. The third kappa shape index (κ3) is 4.22. The SMILES string of the molecule is COc1ccc([C@@H](NC(=O)CC(C)C)c2c(O)ccc3ccccc23)cc1. The highest BCUT2D eigenvalue weighted by Crippen LogP contribution is 2.36. The van der Waals surface area contributed by atoms with E-state index in [1.807, 2.05) is 68.4 Å². The average Bonchev–Trinajstić information content (AvgIpc) is 2.66. The van der Waals surface area contributed by atoms with Crippen LogP contribution in [0.15, 0.2) is 60.7 Å². The van der Waals surface area contributed by atoms with Gasteiger partial charge in [-0.1, -0.05) is 56.3 Å². The fraction of sp³-hybridized carbons (Fsp3) is 0.261. The summed E-state index contributed by atoms with van der Waals surface area (Å²) in [5.41, 5.74) is 1.59. The number of rotatable bonds is 6. The number of carbonyl (C=O) groups is 1. The Balaban J connectivity index is 2.11. The van der Waals surface area contributed by atoms with E-state index in [1.54, 1.807) is 13.2 Å². The highest BCUT2D eigenvalue weighted by atomic mass is 16.5. The largest absolute Gasteiger partial charge is 0.508 e. The van der Waals surface area contributed by atoms with Crippen molar-refractivity contribution in [3.8, 4) is 11.5 Å². The highest BCUT2D eigenvalue weighted by molar-refractivity contribution is 5.89. The summed E-state index contributed by atoms with van der Waals surface area (Å²) >= 11 is 0. The van der Waals surface area contributed by atoms with Crippen LogP contribution in [0.3, 0.4) is 0 Å². The lowest BCUT2D eigenvalue weighted by atomic mass is 9.92. The number of carbonyl (C=O) groups excluding carboxylic acids is 1. The Morgan fingerprint density at radius 1 is 1.04 bits per heavy atom. The lowest BCUT2D eigenvalue weighted by Gasteiger charge is -2.23. The van der Waals surface area contributed by atoms with Crippen molar-refractivity contribution in [1.82, 2.24) is 5.32 Å². The smallest absolute Gasteiger partial charge is 0.221 e. The van der Waals surface area contributed by atoms with Gasteiger partial charge in [0.25, 0.3) is 0 Å². The van der Waals surface area contributed by atoms with Crippen LogP contribution in [0.25, 0.3) is 10.8 Å². The maximum atomic E-state index is 12.6. The van der Waals surface area contributed by atoms with Crippen molar-refractivity contribution in [2.75, 3.05) is 7.11 Å². The second-order valence-electron chi connectivity index (χ2n) is 7.09. The molecule has 3 aromatic rings. The molecular weight excluding hydrogens is 338 g/mol. The first-order valence-electron chi connectivity index (χ1n) is 9.13. The van der Waals surface area contributed by atoms with E-state index in [0.29, 0.717) is 12.0 Å². The number of hydrogen-bond acceptors (Lipinski definition) is 3. The molecule has 0 aliphatic heterocycles. The van der Waals surface area contributed by atoms with Gasteiger partial charge in [0.15, 0.2) is 0 Å². The molecule has 3 aromatic carbocycles. The van der Waals surface area contributed by atoms with E-state index in [0.717, 1.165) is 22.1 Å². The van der Waals surface area contributed by atoms with Crippen molar-refractivity contribution >= 4 is 16.7 Å². The molecule has 0 saturated carbocycles. The summed E-state index contributed by atoms with van der Waals surface area (Å²) in [6.45, 7) is 4.02. The van der Waals surface area contributed by atoms with Crippen molar-refractivity contribution in [3.63, 3.8) is 0 Å². The predicted octanol–water partition coefficient (Wildman–Crippen LogP) is 4.81. The maximum Gasteiger partial charge on any atom is 0.221 e. The van der Waals surface area contributed by atoms with Crippen LogP contribution in [-0.2, 0) is 4.79 Å². The summed E-state index contributed by atoms with van der Waals surface area (Å²) in [4.78, 5) is 12.6. The van der Waals surface area contributed by atoms with E-state index >= 15 is 0 Å². The van der Waals surface area contributed by atoms with E-state index in [4.69, 9.17) is 4.74 Å². The van der Waals surface area contributed by atoms with Crippen LogP contribution in [0, 0.1) is 5.92 Å². The maximum absolute atomic E-state index is 12.6. The van der Waals surface area contributed by atoms with Gasteiger partial charge >= 0.3 is 0 Å². The van der Waals surface area contributed by atoms with Gasteiger partial charge in [-0.05, 0) is 40.5 Å². The molecule has 140 valence electrons. The molecule has 0 radical (unpaired) electrons. The van der Waals surface area contributed by atoms with Crippen LogP contribution in [-0.4, -0.2) is 18.1 Å². The number of hydrogen-bond donors (Lipinski definition) is 2. The quantitative estimate of drug-likeness (QED) is 0.661. The van der Waals surface area contributed by atoms with Crippen LogP contribution < -0.4 is 10.1 Å². The summed E-state index contributed by atoms with van der Waals surface area (Å²) in [6.07, 6.45) is 0.429. The van der Waals surface area contributed by atoms with Gasteiger partial charge in [-0.15, -0.1) is 0 Å². The van der Waals surface area contributed by atoms with Crippen LogP contribution in [0.4, 0.5) is 0 Å². The summed E-state index contributed by atoms with van der Waals surface area (Å²) in [5.74, 6) is 1.12. The second-order valence-corrected chi connectivity index (χ2v) is 7.09. The molecule has 0 unspecified atom stereocenters. The van der Waals surface area contributed by atoms with Gasteiger partial charge in [0, 0.05) is 12.0 Å². The molecule has 1 atom stereocenters. The van der Waals surface area contributed by atoms with Gasteiger partial charge in [0.05, 0.1) is 13.2 Å². The zero-order valence-electron chi connectivity index (χ0n) is 15.9. The van der Waals surface area contributed by atoms with Gasteiger partial charge in [0.2, 0.25) is 5.91 Å². The zero-order chi connectivity index (χ0) is 19.4. The minimum Gasteiger partial charge on any atom is -0.508 e. The van der Waals surface area contributed by atoms with Crippen LogP contribution in [0.1, 0.15) is 37.4 Å². The van der Waals surface area contributed by atoms with Gasteiger partial charge in [-0.3, -0.25) is 4.79 Å². The average molecular weight is 363 g/mol. The van der Waals surface area contributed by atoms with Gasteiger partial charge < -0.3 is 15.2 Å². The number of nitrogens with one attached hydrogen (secondary N) is 1. The van der Waals surface area contributed by atoms with E-state index in [-0.39, 0.29) is 17.6 Å². The first kappa shape index (κ1) is 18.8. The molecule has 0 saturated heterocycles. The molecule has 27 heavy (non-hydrogen) atoms. The number of methoxy groups -OCH3 is 1. The Morgan fingerprint density at radius 2 is 1.74 bits per heavy atom. The van der Waals surface area contributed by atoms with E-state index < -0.39 is 6.04 Å². The lowest BCUT2D eigenvalue weighted by molar-refractivity contribution is -0.122. The summed E-state index contributed by atoms with van der Waals surface area (Å²) in [5, 5.41) is 15.7. The molecule has 4 heteroatoms. The summed E-state index contributed by atoms with van der Waals surface area (Å²) in [7, 11) is 1.62. The number of amides is 1. The van der Waals surface area contributed by atoms with Crippen molar-refractivity contribution in [2.24, 2.45) is 5.92 Å². The topological polar surface area (TPSA) is 58.6 Å². The van der Waals surface area contributed by atoms with E-state index in [9.17, 15) is 9.90 Å². The molecule has 0 aliphatic rings. The molecule has 0 heterocycles. The van der Waals surface area contributed by atoms with Crippen LogP contribution in [0.2, 0.25) is 0 Å². The first-order valence-corrected chi connectivity index (χ1v) is 9.13. The lowest BCUT2D eigenvalue weighted by Crippen LogP contribution is -2.30. The Labute approximate surface area is 159 Å². The number of fused-ring (bicyclic) bond motifs is 1. The Bertz CT molecular complexity index is 932. The number of ether oxygens (including phenoxy) is 1. The fourth-order valence-corrected chi connectivity index (χ4v) is 3.30. The van der Waals surface area contributed by atoms with Crippen molar-refractivity contribution in [2.45, 2.75) is 26.3 Å². The number of benzene rings is 3. The molecule has 4 nitrogen and oxygen atoms in total. The normalized spacial score (nSPS) is 12.1. The van der Waals surface area contributed by atoms with Crippen LogP contribution in [0.5, 0.6) is 11.5 Å². The third-order valence-electron chi connectivity index (χ3n) is 4.58. The molecule has 0 aromatic heterocycles. The van der Waals surface area contributed by atoms with Crippen molar-refractivity contribution in [3.05, 3.63) is 71.8 Å². The van der Waals surface area contributed by atoms with E-state index in [1.165, 1.54) is 0 Å². The predicted molar refractivity (Wildman–Crippen MR) is 108 cm³/mol. The minimum atomic E-state index is -0.451. The van der Waals surface area contributed by atoms with Gasteiger partial charge in [0.1, 0.15) is 11.5 Å². The molecule has 0 spiro atoms. The monoisotopic (exact) mass is 363 g/mol. The second kappa shape index (κ2) is 8.12. The first-order chi connectivity index (χ1) is 13.0. The molecule has 2 N–H and O–H groups in total.